The minimum Gasteiger partial charge on any atom is -0.378 e. The summed E-state index contributed by atoms with van der Waals surface area (Å²) in [5.41, 5.74) is 3.55. The Morgan fingerprint density at radius 1 is 1.07 bits per heavy atom. The van der Waals surface area contributed by atoms with Crippen molar-refractivity contribution in [3.05, 3.63) is 41.7 Å². The average Bonchev–Trinajstić information content (AvgIpc) is 3.14. The standard InChI is InChI=1S/C22H32N6O/c1-21(2,3)17-19(26-22(4,5)6)28-18(25-17)16(13-23-28)20(29)24-14-9-11-15(12-10-14)27(7)8/h9-13,23,26H,1-8H3,(H,24,29). The summed E-state index contributed by atoms with van der Waals surface area (Å²) in [5, 5.41) is 9.68. The maximum absolute atomic E-state index is 12.9. The fraction of sp³-hybridized carbons (Fsp3) is 0.455. The van der Waals surface area contributed by atoms with Crippen molar-refractivity contribution in [2.24, 2.45) is 0 Å². The predicted octanol–water partition coefficient (Wildman–Crippen LogP) is 4.49. The quantitative estimate of drug-likeness (QED) is 0.607. The zero-order chi connectivity index (χ0) is 21.6. The molecule has 0 aliphatic carbocycles. The summed E-state index contributed by atoms with van der Waals surface area (Å²) < 4.78 is 1.86. The van der Waals surface area contributed by atoms with Crippen molar-refractivity contribution in [2.45, 2.75) is 52.5 Å². The van der Waals surface area contributed by atoms with Crippen LogP contribution in [0.15, 0.2) is 30.5 Å². The fourth-order valence-corrected chi connectivity index (χ4v) is 3.12. The first-order chi connectivity index (χ1) is 13.4. The first-order valence-electron chi connectivity index (χ1n) is 9.84. The van der Waals surface area contributed by atoms with Crippen LogP contribution >= 0.6 is 0 Å². The molecule has 3 N–H and O–H groups in total. The molecule has 7 nitrogen and oxygen atoms in total. The molecule has 29 heavy (non-hydrogen) atoms. The Hall–Kier alpha value is -2.96. The number of carbonyl (C=O) groups is 1. The number of benzene rings is 1. The van der Waals surface area contributed by atoms with Gasteiger partial charge in [-0.15, -0.1) is 0 Å². The minimum atomic E-state index is -0.193. The third-order valence-corrected chi connectivity index (χ3v) is 4.55. The van der Waals surface area contributed by atoms with Gasteiger partial charge in [-0.1, -0.05) is 20.8 Å². The highest BCUT2D eigenvalue weighted by molar-refractivity contribution is 6.08. The number of imidazole rings is 1. The highest BCUT2D eigenvalue weighted by atomic mass is 16.1. The molecular formula is C22H32N6O. The van der Waals surface area contributed by atoms with Gasteiger partial charge in [0.15, 0.2) is 11.5 Å². The topological polar surface area (TPSA) is 77.5 Å². The van der Waals surface area contributed by atoms with Crippen LogP contribution < -0.4 is 15.5 Å². The lowest BCUT2D eigenvalue weighted by molar-refractivity contribution is 0.102. The van der Waals surface area contributed by atoms with Crippen molar-refractivity contribution in [1.82, 2.24) is 14.6 Å². The summed E-state index contributed by atoms with van der Waals surface area (Å²) in [6.07, 6.45) is 1.70. The van der Waals surface area contributed by atoms with Crippen molar-refractivity contribution in [2.75, 3.05) is 29.6 Å². The van der Waals surface area contributed by atoms with Gasteiger partial charge < -0.3 is 15.5 Å². The van der Waals surface area contributed by atoms with E-state index >= 15 is 0 Å². The Balaban J connectivity index is 1.96. The van der Waals surface area contributed by atoms with Gasteiger partial charge in [-0.05, 0) is 45.0 Å². The smallest absolute Gasteiger partial charge is 0.261 e. The highest BCUT2D eigenvalue weighted by Gasteiger charge is 2.29. The Labute approximate surface area is 172 Å². The van der Waals surface area contributed by atoms with Crippen LogP contribution in [0.5, 0.6) is 0 Å². The van der Waals surface area contributed by atoms with Crippen molar-refractivity contribution < 1.29 is 4.79 Å². The van der Waals surface area contributed by atoms with Gasteiger partial charge in [-0.2, -0.15) is 0 Å². The largest absolute Gasteiger partial charge is 0.378 e. The number of carbonyl (C=O) groups excluding carboxylic acids is 1. The lowest BCUT2D eigenvalue weighted by atomic mass is 9.91. The fourth-order valence-electron chi connectivity index (χ4n) is 3.12. The number of anilines is 3. The molecule has 0 saturated heterocycles. The molecule has 0 aliphatic rings. The summed E-state index contributed by atoms with van der Waals surface area (Å²) in [7, 11) is 3.97. The lowest BCUT2D eigenvalue weighted by Gasteiger charge is -2.25. The molecule has 7 heteroatoms. The number of fused-ring (bicyclic) bond motifs is 1. The van der Waals surface area contributed by atoms with Crippen LogP contribution in [0, 0.1) is 0 Å². The summed E-state index contributed by atoms with van der Waals surface area (Å²) in [6, 6.07) is 7.74. The third-order valence-electron chi connectivity index (χ3n) is 4.55. The van der Waals surface area contributed by atoms with E-state index in [4.69, 9.17) is 4.98 Å². The van der Waals surface area contributed by atoms with E-state index < -0.39 is 0 Å². The first kappa shape index (κ1) is 20.8. The van der Waals surface area contributed by atoms with Crippen LogP contribution in [-0.2, 0) is 5.41 Å². The number of amides is 1. The van der Waals surface area contributed by atoms with E-state index in [1.165, 1.54) is 0 Å². The second kappa shape index (κ2) is 7.13. The van der Waals surface area contributed by atoms with Gasteiger partial charge in [-0.25, -0.2) is 9.50 Å². The van der Waals surface area contributed by atoms with Crippen molar-refractivity contribution >= 4 is 28.7 Å². The molecule has 0 saturated carbocycles. The zero-order valence-electron chi connectivity index (χ0n) is 18.6. The average molecular weight is 397 g/mol. The predicted molar refractivity (Wildman–Crippen MR) is 120 cm³/mol. The van der Waals surface area contributed by atoms with Crippen LogP contribution in [0.25, 0.3) is 5.65 Å². The molecular weight excluding hydrogens is 364 g/mol. The molecule has 0 fully saturated rings. The van der Waals surface area contributed by atoms with E-state index in [1.54, 1.807) is 6.20 Å². The number of aromatic amines is 1. The van der Waals surface area contributed by atoms with Crippen LogP contribution in [0.3, 0.4) is 0 Å². The van der Waals surface area contributed by atoms with Gasteiger partial charge in [-0.3, -0.25) is 9.89 Å². The molecule has 0 radical (unpaired) electrons. The van der Waals surface area contributed by atoms with Crippen molar-refractivity contribution in [3.63, 3.8) is 0 Å². The van der Waals surface area contributed by atoms with E-state index in [2.05, 4.69) is 57.3 Å². The molecule has 2 heterocycles. The number of rotatable bonds is 4. The summed E-state index contributed by atoms with van der Waals surface area (Å²) >= 11 is 0. The van der Waals surface area contributed by atoms with Crippen LogP contribution in [0.2, 0.25) is 0 Å². The van der Waals surface area contributed by atoms with Crippen molar-refractivity contribution in [1.29, 1.82) is 0 Å². The number of hydrogen-bond acceptors (Lipinski definition) is 4. The summed E-state index contributed by atoms with van der Waals surface area (Å²) in [5.74, 6) is 0.691. The van der Waals surface area contributed by atoms with Gasteiger partial charge in [0.2, 0.25) is 0 Å². The van der Waals surface area contributed by atoms with E-state index in [0.717, 1.165) is 22.9 Å². The molecule has 3 rings (SSSR count). The van der Waals surface area contributed by atoms with E-state index in [9.17, 15) is 4.79 Å². The maximum Gasteiger partial charge on any atom is 0.261 e. The zero-order valence-corrected chi connectivity index (χ0v) is 18.6. The molecule has 3 aromatic rings. The first-order valence-corrected chi connectivity index (χ1v) is 9.84. The maximum atomic E-state index is 12.9. The molecule has 156 valence electrons. The Bertz CT molecular complexity index is 1010. The van der Waals surface area contributed by atoms with Gasteiger partial charge >= 0.3 is 0 Å². The van der Waals surface area contributed by atoms with Crippen LogP contribution in [-0.4, -0.2) is 40.1 Å². The molecule has 1 amide bonds. The second-order valence-corrected chi connectivity index (χ2v) is 9.68. The minimum absolute atomic E-state index is 0.141. The van der Waals surface area contributed by atoms with E-state index in [0.29, 0.717) is 11.2 Å². The monoisotopic (exact) mass is 396 g/mol. The molecule has 0 atom stereocenters. The van der Waals surface area contributed by atoms with Crippen LogP contribution in [0.1, 0.15) is 57.6 Å². The van der Waals surface area contributed by atoms with Crippen molar-refractivity contribution in [3.8, 4) is 0 Å². The van der Waals surface area contributed by atoms with Gasteiger partial charge in [0.25, 0.3) is 5.91 Å². The highest BCUT2D eigenvalue weighted by Crippen LogP contribution is 2.32. The normalized spacial score (nSPS) is 12.3. The molecule has 2 aromatic heterocycles. The molecule has 1 aromatic carbocycles. The third kappa shape index (κ3) is 4.39. The lowest BCUT2D eigenvalue weighted by Crippen LogP contribution is -2.29. The second-order valence-electron chi connectivity index (χ2n) is 9.68. The molecule has 0 bridgehead atoms. The van der Waals surface area contributed by atoms with Crippen LogP contribution in [0.4, 0.5) is 17.2 Å². The Morgan fingerprint density at radius 3 is 2.21 bits per heavy atom. The number of H-pyrrole nitrogens is 1. The number of hydrogen-bond donors (Lipinski definition) is 3. The molecule has 0 aliphatic heterocycles. The van der Waals surface area contributed by atoms with Gasteiger partial charge in [0.05, 0.1) is 5.69 Å². The summed E-state index contributed by atoms with van der Waals surface area (Å²) in [6.45, 7) is 12.7. The molecule has 0 unspecified atom stereocenters. The number of nitrogens with one attached hydrogen (secondary N) is 3. The summed E-state index contributed by atoms with van der Waals surface area (Å²) in [4.78, 5) is 19.8. The van der Waals surface area contributed by atoms with E-state index in [-0.39, 0.29) is 16.9 Å². The van der Waals surface area contributed by atoms with Gasteiger partial charge in [0.1, 0.15) is 5.56 Å². The van der Waals surface area contributed by atoms with E-state index in [1.807, 2.05) is 47.8 Å². The Morgan fingerprint density at radius 2 is 1.69 bits per heavy atom. The van der Waals surface area contributed by atoms with Gasteiger partial charge in [0, 0.05) is 42.6 Å². The SMILES string of the molecule is CN(C)c1ccc(NC(=O)c2c[nH]n3c(NC(C)(C)C)c(C(C)(C)C)nc23)cc1. The molecule has 0 spiro atoms. The number of aromatic nitrogens is 3. The number of nitrogens with zero attached hydrogens (tertiary/aromatic N) is 3. The Kier molecular flexibility index (Phi) is 5.11.